The minimum Gasteiger partial charge on any atom is -0.395 e. The molecule has 0 aliphatic carbocycles. The first-order valence-electron chi connectivity index (χ1n) is 6.10. The molecule has 16 heavy (non-hydrogen) atoms. The van der Waals surface area contributed by atoms with Gasteiger partial charge in [-0.25, -0.2) is 0 Å². The molecule has 1 aliphatic rings. The molecule has 1 aromatic rings. The van der Waals surface area contributed by atoms with Crippen LogP contribution in [-0.4, -0.2) is 24.8 Å². The van der Waals surface area contributed by atoms with Gasteiger partial charge in [0.1, 0.15) is 0 Å². The lowest BCUT2D eigenvalue weighted by Crippen LogP contribution is -2.32. The molecule has 1 unspecified atom stereocenters. The number of hydrogen-bond donors (Lipinski definition) is 2. The first-order chi connectivity index (χ1) is 7.68. The average molecular weight is 219 g/mol. The summed E-state index contributed by atoms with van der Waals surface area (Å²) in [5.74, 6) is 0.570. The van der Waals surface area contributed by atoms with Gasteiger partial charge in [0.2, 0.25) is 0 Å². The third kappa shape index (κ3) is 2.00. The zero-order valence-electron chi connectivity index (χ0n) is 10.2. The van der Waals surface area contributed by atoms with Gasteiger partial charge in [0.25, 0.3) is 0 Å². The van der Waals surface area contributed by atoms with E-state index in [0.717, 1.165) is 19.5 Å². The van der Waals surface area contributed by atoms with E-state index in [0.29, 0.717) is 5.92 Å². The number of rotatable bonds is 3. The highest BCUT2D eigenvalue weighted by atomic mass is 16.3. The summed E-state index contributed by atoms with van der Waals surface area (Å²) in [6.07, 6.45) is 1.03. The largest absolute Gasteiger partial charge is 0.395 e. The summed E-state index contributed by atoms with van der Waals surface area (Å²) in [5.41, 5.74) is 2.59. The van der Waals surface area contributed by atoms with Gasteiger partial charge in [-0.2, -0.15) is 0 Å². The number of nitrogens with one attached hydrogen (secondary N) is 1. The lowest BCUT2D eigenvalue weighted by Gasteiger charge is -2.26. The van der Waals surface area contributed by atoms with Crippen molar-refractivity contribution in [3.05, 3.63) is 35.4 Å². The summed E-state index contributed by atoms with van der Waals surface area (Å²) in [4.78, 5) is 0. The number of aliphatic hydroxyl groups excluding tert-OH is 1. The maximum atomic E-state index is 9.61. The average Bonchev–Trinajstić information content (AvgIpc) is 2.79. The molecule has 1 aromatic carbocycles. The van der Waals surface area contributed by atoms with Crippen LogP contribution in [0.1, 0.15) is 37.3 Å². The smallest absolute Gasteiger partial charge is 0.0540 e. The van der Waals surface area contributed by atoms with Crippen molar-refractivity contribution in [2.24, 2.45) is 0 Å². The van der Waals surface area contributed by atoms with Crippen LogP contribution in [0, 0.1) is 0 Å². The van der Waals surface area contributed by atoms with Crippen molar-refractivity contribution in [1.29, 1.82) is 0 Å². The number of benzene rings is 1. The highest BCUT2D eigenvalue weighted by molar-refractivity contribution is 5.32. The van der Waals surface area contributed by atoms with E-state index in [1.807, 2.05) is 0 Å². The summed E-state index contributed by atoms with van der Waals surface area (Å²) in [6, 6.07) is 8.74. The van der Waals surface area contributed by atoms with E-state index in [1.165, 1.54) is 11.1 Å². The molecule has 2 N–H and O–H groups in total. The van der Waals surface area contributed by atoms with Gasteiger partial charge in [0.15, 0.2) is 0 Å². The molecule has 0 saturated carbocycles. The van der Waals surface area contributed by atoms with Crippen molar-refractivity contribution in [2.45, 2.75) is 31.6 Å². The molecule has 1 aliphatic heterocycles. The van der Waals surface area contributed by atoms with Crippen LogP contribution in [0.25, 0.3) is 0 Å². The van der Waals surface area contributed by atoms with Crippen LogP contribution in [0.5, 0.6) is 0 Å². The molecule has 1 atom stereocenters. The molecule has 0 bridgehead atoms. The van der Waals surface area contributed by atoms with E-state index in [2.05, 4.69) is 43.4 Å². The SMILES string of the molecule is CC(C)c1ccc(C2(CO)CCNC2)cc1. The number of hydrogen-bond acceptors (Lipinski definition) is 2. The molecule has 1 fully saturated rings. The molecule has 0 aromatic heterocycles. The molecule has 2 nitrogen and oxygen atoms in total. The van der Waals surface area contributed by atoms with Crippen LogP contribution in [0.3, 0.4) is 0 Å². The van der Waals surface area contributed by atoms with Crippen molar-refractivity contribution in [2.75, 3.05) is 19.7 Å². The molecule has 2 rings (SSSR count). The van der Waals surface area contributed by atoms with Gasteiger partial charge in [-0.1, -0.05) is 38.1 Å². The minimum absolute atomic E-state index is 0.0461. The molecule has 88 valence electrons. The molecule has 1 heterocycles. The molecule has 2 heteroatoms. The second-order valence-corrected chi connectivity index (χ2v) is 5.14. The Morgan fingerprint density at radius 2 is 2.00 bits per heavy atom. The normalized spacial score (nSPS) is 25.2. The molecule has 1 saturated heterocycles. The Balaban J connectivity index is 2.26. The highest BCUT2D eigenvalue weighted by Gasteiger charge is 2.34. The van der Waals surface area contributed by atoms with E-state index < -0.39 is 0 Å². The fourth-order valence-corrected chi connectivity index (χ4v) is 2.44. The molecule has 0 radical (unpaired) electrons. The predicted molar refractivity (Wildman–Crippen MR) is 66.8 cm³/mol. The van der Waals surface area contributed by atoms with Crippen molar-refractivity contribution < 1.29 is 5.11 Å². The van der Waals surface area contributed by atoms with Gasteiger partial charge in [-0.05, 0) is 30.0 Å². The monoisotopic (exact) mass is 219 g/mol. The standard InChI is InChI=1S/C14H21NO/c1-11(2)12-3-5-13(6-4-12)14(10-16)7-8-15-9-14/h3-6,11,15-16H,7-10H2,1-2H3. The van der Waals surface area contributed by atoms with Crippen molar-refractivity contribution in [1.82, 2.24) is 5.32 Å². The lowest BCUT2D eigenvalue weighted by atomic mass is 9.80. The summed E-state index contributed by atoms with van der Waals surface area (Å²) >= 11 is 0. The first-order valence-corrected chi connectivity index (χ1v) is 6.10. The fraction of sp³-hybridized carbons (Fsp3) is 0.571. The van der Waals surface area contributed by atoms with E-state index in [9.17, 15) is 5.11 Å². The Morgan fingerprint density at radius 1 is 1.31 bits per heavy atom. The van der Waals surface area contributed by atoms with Gasteiger partial charge < -0.3 is 10.4 Å². The maximum absolute atomic E-state index is 9.61. The van der Waals surface area contributed by atoms with Gasteiger partial charge in [-0.3, -0.25) is 0 Å². The third-order valence-electron chi connectivity index (χ3n) is 3.74. The molecular weight excluding hydrogens is 198 g/mol. The van der Waals surface area contributed by atoms with Crippen molar-refractivity contribution >= 4 is 0 Å². The predicted octanol–water partition coefficient (Wildman–Crippen LogP) is 2.03. The zero-order chi connectivity index (χ0) is 11.6. The summed E-state index contributed by atoms with van der Waals surface area (Å²) in [5, 5.41) is 12.9. The van der Waals surface area contributed by atoms with Crippen molar-refractivity contribution in [3.63, 3.8) is 0 Å². The highest BCUT2D eigenvalue weighted by Crippen LogP contribution is 2.31. The maximum Gasteiger partial charge on any atom is 0.0540 e. The Morgan fingerprint density at radius 3 is 2.44 bits per heavy atom. The van der Waals surface area contributed by atoms with E-state index >= 15 is 0 Å². The minimum atomic E-state index is -0.0461. The molecule has 0 amide bonds. The quantitative estimate of drug-likeness (QED) is 0.815. The van der Waals surface area contributed by atoms with E-state index in [1.54, 1.807) is 0 Å². The first kappa shape index (κ1) is 11.6. The van der Waals surface area contributed by atoms with Gasteiger partial charge >= 0.3 is 0 Å². The van der Waals surface area contributed by atoms with Gasteiger partial charge in [-0.15, -0.1) is 0 Å². The lowest BCUT2D eigenvalue weighted by molar-refractivity contribution is 0.205. The fourth-order valence-electron chi connectivity index (χ4n) is 2.44. The summed E-state index contributed by atoms with van der Waals surface area (Å²) in [6.45, 7) is 6.54. The Bertz CT molecular complexity index is 336. The second-order valence-electron chi connectivity index (χ2n) is 5.14. The van der Waals surface area contributed by atoms with Crippen LogP contribution < -0.4 is 5.32 Å². The van der Waals surface area contributed by atoms with Crippen LogP contribution in [-0.2, 0) is 5.41 Å². The number of aliphatic hydroxyl groups is 1. The zero-order valence-corrected chi connectivity index (χ0v) is 10.2. The van der Waals surface area contributed by atoms with Crippen LogP contribution >= 0.6 is 0 Å². The van der Waals surface area contributed by atoms with Crippen LogP contribution in [0.4, 0.5) is 0 Å². The van der Waals surface area contributed by atoms with Crippen molar-refractivity contribution in [3.8, 4) is 0 Å². The second kappa shape index (κ2) is 4.56. The summed E-state index contributed by atoms with van der Waals surface area (Å²) < 4.78 is 0. The van der Waals surface area contributed by atoms with Gasteiger partial charge in [0, 0.05) is 12.0 Å². The van der Waals surface area contributed by atoms with Crippen LogP contribution in [0.15, 0.2) is 24.3 Å². The topological polar surface area (TPSA) is 32.3 Å². The van der Waals surface area contributed by atoms with Crippen LogP contribution in [0.2, 0.25) is 0 Å². The van der Waals surface area contributed by atoms with E-state index in [4.69, 9.17) is 0 Å². The van der Waals surface area contributed by atoms with Gasteiger partial charge in [0.05, 0.1) is 6.61 Å². The Labute approximate surface area is 97.7 Å². The van der Waals surface area contributed by atoms with E-state index in [-0.39, 0.29) is 12.0 Å². The Kier molecular flexibility index (Phi) is 3.31. The molecule has 0 spiro atoms. The Hall–Kier alpha value is -0.860. The summed E-state index contributed by atoms with van der Waals surface area (Å²) in [7, 11) is 0. The molecular formula is C14H21NO. The third-order valence-corrected chi connectivity index (χ3v) is 3.74.